The number of rotatable bonds is 2. The molecule has 0 bridgehead atoms. The molecule has 2 N–H and O–H groups in total. The van der Waals surface area contributed by atoms with Crippen molar-refractivity contribution in [1.29, 1.82) is 0 Å². The zero-order chi connectivity index (χ0) is 12.7. The number of aromatic nitrogens is 3. The Bertz CT molecular complexity index is 636. The molecule has 0 saturated heterocycles. The second-order valence-corrected chi connectivity index (χ2v) is 4.95. The number of fused-ring (bicyclic) bond motifs is 3. The largest absolute Gasteiger partial charge is 0.383 e. The summed E-state index contributed by atoms with van der Waals surface area (Å²) in [5.74, 6) is 0.477. The van der Waals surface area contributed by atoms with E-state index >= 15 is 0 Å². The highest BCUT2D eigenvalue weighted by Gasteiger charge is 2.23. The van der Waals surface area contributed by atoms with Crippen molar-refractivity contribution >= 4 is 39.0 Å². The fourth-order valence-electron chi connectivity index (χ4n) is 2.20. The standard InChI is InChI=1S/C11H12BrN5O/c1-18-4-6-3-17-7(2-14-6)9(12)8-10(13)15-5-16-11(8)17/h2,5-6H,3-4H2,1H3,(H2,13,15,16). The van der Waals surface area contributed by atoms with Gasteiger partial charge in [0.25, 0.3) is 0 Å². The van der Waals surface area contributed by atoms with Crippen LogP contribution in [0.5, 0.6) is 0 Å². The van der Waals surface area contributed by atoms with Crippen molar-refractivity contribution in [2.45, 2.75) is 12.6 Å². The summed E-state index contributed by atoms with van der Waals surface area (Å²) in [6.45, 7) is 1.33. The van der Waals surface area contributed by atoms with Crippen LogP contribution in [-0.4, -0.2) is 40.5 Å². The Hall–Kier alpha value is -1.47. The molecule has 1 unspecified atom stereocenters. The topological polar surface area (TPSA) is 78.3 Å². The van der Waals surface area contributed by atoms with Gasteiger partial charge in [-0.05, 0) is 15.9 Å². The van der Waals surface area contributed by atoms with Crippen LogP contribution in [0, 0.1) is 0 Å². The Kier molecular flexibility index (Phi) is 2.79. The Balaban J connectivity index is 2.19. The smallest absolute Gasteiger partial charge is 0.147 e. The predicted molar refractivity (Wildman–Crippen MR) is 72.9 cm³/mol. The summed E-state index contributed by atoms with van der Waals surface area (Å²) in [4.78, 5) is 12.8. The van der Waals surface area contributed by atoms with E-state index in [-0.39, 0.29) is 6.04 Å². The molecule has 94 valence electrons. The molecule has 2 aromatic heterocycles. The Morgan fingerprint density at radius 1 is 1.56 bits per heavy atom. The number of aliphatic imine (C=N–C) groups is 1. The minimum atomic E-state index is 0.112. The zero-order valence-electron chi connectivity index (χ0n) is 9.80. The summed E-state index contributed by atoms with van der Waals surface area (Å²) in [7, 11) is 1.68. The molecule has 2 aromatic rings. The quantitative estimate of drug-likeness (QED) is 0.905. The van der Waals surface area contributed by atoms with E-state index in [4.69, 9.17) is 10.5 Å². The molecule has 3 heterocycles. The van der Waals surface area contributed by atoms with Crippen LogP contribution in [0.4, 0.5) is 5.82 Å². The highest BCUT2D eigenvalue weighted by Crippen LogP contribution is 2.33. The molecular weight excluding hydrogens is 298 g/mol. The van der Waals surface area contributed by atoms with Gasteiger partial charge in [-0.2, -0.15) is 0 Å². The Morgan fingerprint density at radius 3 is 3.17 bits per heavy atom. The number of methoxy groups -OCH3 is 1. The van der Waals surface area contributed by atoms with Gasteiger partial charge in [-0.3, -0.25) is 4.99 Å². The van der Waals surface area contributed by atoms with Gasteiger partial charge in [0.1, 0.15) is 17.8 Å². The van der Waals surface area contributed by atoms with Gasteiger partial charge >= 0.3 is 0 Å². The fraction of sp³-hybridized carbons (Fsp3) is 0.364. The van der Waals surface area contributed by atoms with Crippen LogP contribution in [0.15, 0.2) is 15.8 Å². The van der Waals surface area contributed by atoms with Gasteiger partial charge in [-0.15, -0.1) is 0 Å². The average Bonchev–Trinajstić information content (AvgIpc) is 2.65. The molecular formula is C11H12BrN5O. The van der Waals surface area contributed by atoms with Crippen LogP contribution in [0.2, 0.25) is 0 Å². The van der Waals surface area contributed by atoms with Gasteiger partial charge in [0, 0.05) is 19.9 Å². The molecule has 0 saturated carbocycles. The lowest BCUT2D eigenvalue weighted by atomic mass is 10.2. The summed E-state index contributed by atoms with van der Waals surface area (Å²) in [5, 5.41) is 0.844. The highest BCUT2D eigenvalue weighted by atomic mass is 79.9. The summed E-state index contributed by atoms with van der Waals surface area (Å²) in [6, 6.07) is 0.112. The number of ether oxygens (including phenoxy) is 1. The van der Waals surface area contributed by atoms with Crippen LogP contribution in [0.3, 0.4) is 0 Å². The first-order chi connectivity index (χ1) is 8.72. The molecule has 0 amide bonds. The van der Waals surface area contributed by atoms with Crippen molar-refractivity contribution < 1.29 is 4.74 Å². The fourth-order valence-corrected chi connectivity index (χ4v) is 2.90. The summed E-state index contributed by atoms with van der Waals surface area (Å²) < 4.78 is 8.13. The molecule has 0 fully saturated rings. The molecule has 0 spiro atoms. The SMILES string of the molecule is COCC1Cn2c(c(Br)c3c(N)ncnc32)C=N1. The summed E-state index contributed by atoms with van der Waals surface area (Å²) >= 11 is 3.54. The second kappa shape index (κ2) is 4.33. The first-order valence-electron chi connectivity index (χ1n) is 5.52. The molecule has 1 atom stereocenters. The maximum atomic E-state index is 5.90. The molecule has 1 aliphatic rings. The van der Waals surface area contributed by atoms with E-state index in [1.165, 1.54) is 6.33 Å². The molecule has 7 heteroatoms. The van der Waals surface area contributed by atoms with Gasteiger partial charge in [0.2, 0.25) is 0 Å². The first-order valence-corrected chi connectivity index (χ1v) is 6.32. The lowest BCUT2D eigenvalue weighted by molar-refractivity contribution is 0.174. The van der Waals surface area contributed by atoms with E-state index in [1.54, 1.807) is 7.11 Å². The van der Waals surface area contributed by atoms with Crippen LogP contribution in [0.1, 0.15) is 5.69 Å². The van der Waals surface area contributed by atoms with E-state index in [9.17, 15) is 0 Å². The zero-order valence-corrected chi connectivity index (χ0v) is 11.4. The molecule has 3 rings (SSSR count). The Morgan fingerprint density at radius 2 is 2.39 bits per heavy atom. The molecule has 0 aromatic carbocycles. The number of hydrogen-bond acceptors (Lipinski definition) is 5. The van der Waals surface area contributed by atoms with Gasteiger partial charge in [-0.1, -0.05) is 0 Å². The first kappa shape index (κ1) is 11.6. The number of nitrogens with two attached hydrogens (primary N) is 1. The van der Waals surface area contributed by atoms with Crippen LogP contribution < -0.4 is 5.73 Å². The van der Waals surface area contributed by atoms with Gasteiger partial charge in [0.15, 0.2) is 0 Å². The average molecular weight is 310 g/mol. The number of halogens is 1. The molecule has 18 heavy (non-hydrogen) atoms. The third kappa shape index (κ3) is 1.62. The lowest BCUT2D eigenvalue weighted by Gasteiger charge is -2.18. The van der Waals surface area contributed by atoms with E-state index < -0.39 is 0 Å². The van der Waals surface area contributed by atoms with Gasteiger partial charge in [-0.25, -0.2) is 9.97 Å². The van der Waals surface area contributed by atoms with Crippen molar-refractivity contribution in [2.75, 3.05) is 19.5 Å². The number of hydrogen-bond donors (Lipinski definition) is 1. The van der Waals surface area contributed by atoms with Crippen molar-refractivity contribution in [2.24, 2.45) is 4.99 Å². The van der Waals surface area contributed by atoms with Crippen LogP contribution >= 0.6 is 15.9 Å². The number of nitrogens with zero attached hydrogens (tertiary/aromatic N) is 4. The minimum absolute atomic E-state index is 0.112. The maximum absolute atomic E-state index is 5.90. The maximum Gasteiger partial charge on any atom is 0.147 e. The minimum Gasteiger partial charge on any atom is -0.383 e. The van der Waals surface area contributed by atoms with E-state index in [2.05, 4.69) is 35.5 Å². The van der Waals surface area contributed by atoms with Crippen LogP contribution in [-0.2, 0) is 11.3 Å². The van der Waals surface area contributed by atoms with Gasteiger partial charge in [0.05, 0.1) is 28.2 Å². The molecule has 0 aliphatic carbocycles. The molecule has 0 radical (unpaired) electrons. The third-order valence-corrected chi connectivity index (χ3v) is 3.81. The predicted octanol–water partition coefficient (Wildman–Crippen LogP) is 1.22. The number of nitrogen functional groups attached to an aromatic ring is 1. The van der Waals surface area contributed by atoms with E-state index in [1.807, 2.05) is 6.21 Å². The molecule has 1 aliphatic heterocycles. The van der Waals surface area contributed by atoms with Gasteiger partial charge < -0.3 is 15.0 Å². The summed E-state index contributed by atoms with van der Waals surface area (Å²) in [6.07, 6.45) is 3.31. The number of anilines is 1. The van der Waals surface area contributed by atoms with Crippen molar-refractivity contribution in [1.82, 2.24) is 14.5 Å². The second-order valence-electron chi connectivity index (χ2n) is 4.15. The van der Waals surface area contributed by atoms with E-state index in [0.717, 1.165) is 27.7 Å². The van der Waals surface area contributed by atoms with Crippen LogP contribution in [0.25, 0.3) is 11.0 Å². The Labute approximate surface area is 112 Å². The summed E-state index contributed by atoms with van der Waals surface area (Å²) in [5.41, 5.74) is 7.71. The highest BCUT2D eigenvalue weighted by molar-refractivity contribution is 9.10. The molecule has 6 nitrogen and oxygen atoms in total. The third-order valence-electron chi connectivity index (χ3n) is 3.01. The lowest BCUT2D eigenvalue weighted by Crippen LogP contribution is -2.25. The van der Waals surface area contributed by atoms with E-state index in [0.29, 0.717) is 12.4 Å². The van der Waals surface area contributed by atoms with Crippen molar-refractivity contribution in [3.05, 3.63) is 16.5 Å². The monoisotopic (exact) mass is 309 g/mol. The van der Waals surface area contributed by atoms with Crippen molar-refractivity contribution in [3.8, 4) is 0 Å². The van der Waals surface area contributed by atoms with Crippen molar-refractivity contribution in [3.63, 3.8) is 0 Å². The normalized spacial score (nSPS) is 18.2.